The molecule has 1 aromatic rings. The Bertz CT molecular complexity index is 537. The van der Waals surface area contributed by atoms with E-state index in [9.17, 15) is 4.79 Å². The fourth-order valence-corrected chi connectivity index (χ4v) is 2.38. The molecule has 0 aliphatic carbocycles. The molecule has 1 amide bonds. The van der Waals surface area contributed by atoms with Crippen LogP contribution in [0.2, 0.25) is 0 Å². The second kappa shape index (κ2) is 5.40. The van der Waals surface area contributed by atoms with Gasteiger partial charge in [0.1, 0.15) is 0 Å². The number of carbonyl (C=O) groups excluding carboxylic acids is 1. The lowest BCUT2D eigenvalue weighted by atomic mass is 9.95. The molecule has 1 aromatic carbocycles. The molecular formula is C14H17N3OS. The average molecular weight is 275 g/mol. The molecule has 0 saturated carbocycles. The predicted octanol–water partition coefficient (Wildman–Crippen LogP) is 1.57. The van der Waals surface area contributed by atoms with Gasteiger partial charge in [0.25, 0.3) is 5.91 Å². The van der Waals surface area contributed by atoms with Crippen molar-refractivity contribution >= 4 is 23.2 Å². The number of nitrogens with zero attached hydrogens (tertiary/aromatic N) is 1. The molecule has 2 rings (SSSR count). The normalized spacial score (nSPS) is 18.7. The lowest BCUT2D eigenvalue weighted by Gasteiger charge is -2.31. The first-order chi connectivity index (χ1) is 9.00. The van der Waals surface area contributed by atoms with Crippen molar-refractivity contribution in [2.75, 3.05) is 14.1 Å². The number of rotatable bonds is 2. The Hall–Kier alpha value is -1.88. The summed E-state index contributed by atoms with van der Waals surface area (Å²) >= 11 is 5.18. The van der Waals surface area contributed by atoms with E-state index < -0.39 is 0 Å². The number of benzene rings is 1. The van der Waals surface area contributed by atoms with Crippen LogP contribution in [0.1, 0.15) is 18.5 Å². The molecule has 0 radical (unpaired) electrons. The highest BCUT2D eigenvalue weighted by Crippen LogP contribution is 2.27. The summed E-state index contributed by atoms with van der Waals surface area (Å²) in [7, 11) is 3.50. The molecular weight excluding hydrogens is 258 g/mol. The van der Waals surface area contributed by atoms with Crippen molar-refractivity contribution in [3.05, 3.63) is 47.2 Å². The predicted molar refractivity (Wildman–Crippen MR) is 79.4 cm³/mol. The van der Waals surface area contributed by atoms with Crippen LogP contribution in [0, 0.1) is 0 Å². The first-order valence-corrected chi connectivity index (χ1v) is 6.46. The summed E-state index contributed by atoms with van der Waals surface area (Å²) in [5.74, 6) is -0.0196. The molecule has 1 aliphatic rings. The Morgan fingerprint density at radius 2 is 1.89 bits per heavy atom. The van der Waals surface area contributed by atoms with Gasteiger partial charge in [-0.25, -0.2) is 0 Å². The molecule has 4 nitrogen and oxygen atoms in total. The van der Waals surface area contributed by atoms with Gasteiger partial charge in [0.05, 0.1) is 11.6 Å². The SMILES string of the molecule is CC1=C(C(=O)N(C)C)[C@H](c2ccccc2)NC(=S)N1. The highest BCUT2D eigenvalue weighted by atomic mass is 32.1. The summed E-state index contributed by atoms with van der Waals surface area (Å²) in [6.07, 6.45) is 0. The Labute approximate surface area is 118 Å². The third-order valence-corrected chi connectivity index (χ3v) is 3.26. The van der Waals surface area contributed by atoms with Crippen molar-refractivity contribution in [1.29, 1.82) is 0 Å². The molecule has 0 saturated heterocycles. The molecule has 100 valence electrons. The van der Waals surface area contributed by atoms with E-state index in [1.165, 1.54) is 0 Å². The van der Waals surface area contributed by atoms with Crippen molar-refractivity contribution in [3.8, 4) is 0 Å². The molecule has 19 heavy (non-hydrogen) atoms. The van der Waals surface area contributed by atoms with Gasteiger partial charge in [0.15, 0.2) is 5.11 Å². The third kappa shape index (κ3) is 2.76. The molecule has 0 fully saturated rings. The van der Waals surface area contributed by atoms with E-state index in [1.807, 2.05) is 37.3 Å². The maximum absolute atomic E-state index is 12.3. The van der Waals surface area contributed by atoms with Crippen LogP contribution >= 0.6 is 12.2 Å². The van der Waals surface area contributed by atoms with Gasteiger partial charge in [-0.3, -0.25) is 4.79 Å². The lowest BCUT2D eigenvalue weighted by molar-refractivity contribution is -0.125. The van der Waals surface area contributed by atoms with Gasteiger partial charge >= 0.3 is 0 Å². The molecule has 1 atom stereocenters. The molecule has 0 aromatic heterocycles. The first-order valence-electron chi connectivity index (χ1n) is 6.05. The summed E-state index contributed by atoms with van der Waals surface area (Å²) in [6.45, 7) is 1.87. The molecule has 0 unspecified atom stereocenters. The monoisotopic (exact) mass is 275 g/mol. The zero-order chi connectivity index (χ0) is 14.0. The summed E-state index contributed by atoms with van der Waals surface area (Å²) in [4.78, 5) is 13.9. The van der Waals surface area contributed by atoms with Crippen molar-refractivity contribution < 1.29 is 4.79 Å². The van der Waals surface area contributed by atoms with Crippen LogP contribution in [-0.2, 0) is 4.79 Å². The zero-order valence-electron chi connectivity index (χ0n) is 11.2. The summed E-state index contributed by atoms with van der Waals surface area (Å²) in [6, 6.07) is 9.63. The minimum absolute atomic E-state index is 0.0196. The van der Waals surface area contributed by atoms with Crippen LogP contribution < -0.4 is 10.6 Å². The van der Waals surface area contributed by atoms with Gasteiger partial charge < -0.3 is 15.5 Å². The number of hydrogen-bond acceptors (Lipinski definition) is 2. The number of thiocarbonyl (C=S) groups is 1. The summed E-state index contributed by atoms with van der Waals surface area (Å²) in [5, 5.41) is 6.72. The van der Waals surface area contributed by atoms with Crippen LogP contribution in [0.15, 0.2) is 41.6 Å². The molecule has 2 N–H and O–H groups in total. The third-order valence-electron chi connectivity index (χ3n) is 3.04. The standard InChI is InChI=1S/C14H17N3OS/c1-9-11(13(18)17(2)3)12(16-14(19)15-9)10-7-5-4-6-8-10/h4-8,12H,1-3H3,(H2,15,16,19)/t12-/m0/s1. The van der Waals surface area contributed by atoms with Crippen molar-refractivity contribution in [2.24, 2.45) is 0 Å². The van der Waals surface area contributed by atoms with E-state index in [2.05, 4.69) is 10.6 Å². The van der Waals surface area contributed by atoms with E-state index >= 15 is 0 Å². The lowest BCUT2D eigenvalue weighted by Crippen LogP contribution is -2.46. The van der Waals surface area contributed by atoms with E-state index in [0.29, 0.717) is 10.7 Å². The highest BCUT2D eigenvalue weighted by molar-refractivity contribution is 7.80. The van der Waals surface area contributed by atoms with Crippen LogP contribution in [-0.4, -0.2) is 30.0 Å². The molecule has 1 heterocycles. The van der Waals surface area contributed by atoms with Gasteiger partial charge in [-0.2, -0.15) is 0 Å². The van der Waals surface area contributed by atoms with E-state index in [-0.39, 0.29) is 11.9 Å². The Morgan fingerprint density at radius 3 is 2.47 bits per heavy atom. The molecule has 0 bridgehead atoms. The number of hydrogen-bond donors (Lipinski definition) is 2. The zero-order valence-corrected chi connectivity index (χ0v) is 12.0. The Balaban J connectivity index is 2.47. The number of likely N-dealkylation sites (N-methyl/N-ethyl adjacent to an activating group) is 1. The largest absolute Gasteiger partial charge is 0.351 e. The Kier molecular flexibility index (Phi) is 3.85. The highest BCUT2D eigenvalue weighted by Gasteiger charge is 2.30. The molecule has 1 aliphatic heterocycles. The van der Waals surface area contributed by atoms with Gasteiger partial charge in [-0.05, 0) is 24.7 Å². The average Bonchev–Trinajstić information content (AvgIpc) is 2.38. The second-order valence-electron chi connectivity index (χ2n) is 4.68. The van der Waals surface area contributed by atoms with Crippen molar-refractivity contribution in [3.63, 3.8) is 0 Å². The fourth-order valence-electron chi connectivity index (χ4n) is 2.11. The number of nitrogens with one attached hydrogen (secondary N) is 2. The van der Waals surface area contributed by atoms with Gasteiger partial charge in [0, 0.05) is 19.8 Å². The van der Waals surface area contributed by atoms with Gasteiger partial charge in [0.2, 0.25) is 0 Å². The van der Waals surface area contributed by atoms with E-state index in [0.717, 1.165) is 11.3 Å². The van der Waals surface area contributed by atoms with E-state index in [1.54, 1.807) is 19.0 Å². The number of allylic oxidation sites excluding steroid dienone is 1. The van der Waals surface area contributed by atoms with Crippen LogP contribution in [0.3, 0.4) is 0 Å². The van der Waals surface area contributed by atoms with Crippen molar-refractivity contribution in [2.45, 2.75) is 13.0 Å². The minimum atomic E-state index is -0.204. The van der Waals surface area contributed by atoms with Crippen LogP contribution in [0.5, 0.6) is 0 Å². The first kappa shape index (κ1) is 13.5. The molecule has 5 heteroatoms. The maximum atomic E-state index is 12.3. The van der Waals surface area contributed by atoms with Crippen LogP contribution in [0.25, 0.3) is 0 Å². The molecule has 0 spiro atoms. The van der Waals surface area contributed by atoms with Crippen molar-refractivity contribution in [1.82, 2.24) is 15.5 Å². The second-order valence-corrected chi connectivity index (χ2v) is 5.09. The van der Waals surface area contributed by atoms with E-state index in [4.69, 9.17) is 12.2 Å². The topological polar surface area (TPSA) is 44.4 Å². The summed E-state index contributed by atoms with van der Waals surface area (Å²) < 4.78 is 0. The number of amides is 1. The maximum Gasteiger partial charge on any atom is 0.253 e. The smallest absolute Gasteiger partial charge is 0.253 e. The van der Waals surface area contributed by atoms with Crippen LogP contribution in [0.4, 0.5) is 0 Å². The quantitative estimate of drug-likeness (QED) is 0.804. The fraction of sp³-hybridized carbons (Fsp3) is 0.286. The Morgan fingerprint density at radius 1 is 1.26 bits per heavy atom. The number of carbonyl (C=O) groups is 1. The van der Waals surface area contributed by atoms with Gasteiger partial charge in [-0.15, -0.1) is 0 Å². The van der Waals surface area contributed by atoms with Gasteiger partial charge in [-0.1, -0.05) is 30.3 Å². The minimum Gasteiger partial charge on any atom is -0.351 e. The summed E-state index contributed by atoms with van der Waals surface area (Å²) in [5.41, 5.74) is 2.53.